The van der Waals surface area contributed by atoms with Crippen LogP contribution in [0.15, 0.2) is 60.0 Å². The monoisotopic (exact) mass is 450 g/mol. The van der Waals surface area contributed by atoms with Crippen LogP contribution >= 0.6 is 11.3 Å². The average molecular weight is 451 g/mol. The van der Waals surface area contributed by atoms with Gasteiger partial charge in [0.1, 0.15) is 29.1 Å². The van der Waals surface area contributed by atoms with Gasteiger partial charge >= 0.3 is 0 Å². The molecule has 2 aromatic carbocycles. The molecule has 0 spiro atoms. The number of amides is 2. The molecule has 1 aliphatic rings. The Labute approximate surface area is 191 Å². The number of ether oxygens (including phenoxy) is 1. The van der Waals surface area contributed by atoms with Crippen LogP contribution in [-0.4, -0.2) is 34.3 Å². The summed E-state index contributed by atoms with van der Waals surface area (Å²) in [6.07, 6.45) is 1.96. The summed E-state index contributed by atoms with van der Waals surface area (Å²) in [5, 5.41) is 2.39. The molecule has 1 fully saturated rings. The SMILES string of the molecule is NC(=O)C1CCCN1C(=O)c1csc(C(N)Cc2ccc(OCc3ccccc3)cc2)n1. The van der Waals surface area contributed by atoms with E-state index in [4.69, 9.17) is 16.2 Å². The van der Waals surface area contributed by atoms with Crippen molar-refractivity contribution in [2.45, 2.75) is 38.0 Å². The zero-order chi connectivity index (χ0) is 22.5. The van der Waals surface area contributed by atoms with Gasteiger partial charge in [-0.15, -0.1) is 11.3 Å². The highest BCUT2D eigenvalue weighted by atomic mass is 32.1. The molecule has 0 aliphatic carbocycles. The highest BCUT2D eigenvalue weighted by Crippen LogP contribution is 2.25. The molecule has 0 radical (unpaired) electrons. The van der Waals surface area contributed by atoms with E-state index < -0.39 is 11.9 Å². The van der Waals surface area contributed by atoms with Crippen LogP contribution in [0.25, 0.3) is 0 Å². The van der Waals surface area contributed by atoms with Crippen molar-refractivity contribution in [2.24, 2.45) is 11.5 Å². The number of likely N-dealkylation sites (tertiary alicyclic amines) is 1. The summed E-state index contributed by atoms with van der Waals surface area (Å²) < 4.78 is 5.82. The molecule has 0 saturated carbocycles. The highest BCUT2D eigenvalue weighted by Gasteiger charge is 2.34. The molecule has 4 rings (SSSR count). The summed E-state index contributed by atoms with van der Waals surface area (Å²) in [5.41, 5.74) is 14.3. The van der Waals surface area contributed by atoms with Crippen molar-refractivity contribution >= 4 is 23.2 Å². The van der Waals surface area contributed by atoms with E-state index in [1.807, 2.05) is 54.6 Å². The minimum absolute atomic E-state index is 0.263. The standard InChI is InChI=1S/C24H26N4O3S/c25-19(13-16-8-10-18(11-9-16)31-14-17-5-2-1-3-6-17)23-27-20(15-32-23)24(30)28-12-4-7-21(28)22(26)29/h1-3,5-6,8-11,15,19,21H,4,7,12-14,25H2,(H2,26,29). The first kappa shape index (κ1) is 22.0. The summed E-state index contributed by atoms with van der Waals surface area (Å²) >= 11 is 1.36. The van der Waals surface area contributed by atoms with Crippen LogP contribution in [0.2, 0.25) is 0 Å². The van der Waals surface area contributed by atoms with Gasteiger partial charge in [0.15, 0.2) is 0 Å². The smallest absolute Gasteiger partial charge is 0.274 e. The first-order chi connectivity index (χ1) is 15.5. The lowest BCUT2D eigenvalue weighted by molar-refractivity contribution is -0.121. The highest BCUT2D eigenvalue weighted by molar-refractivity contribution is 7.09. The van der Waals surface area contributed by atoms with E-state index in [-0.39, 0.29) is 11.9 Å². The Bertz CT molecular complexity index is 1070. The van der Waals surface area contributed by atoms with E-state index in [1.165, 1.54) is 16.2 Å². The number of thiazole rings is 1. The van der Waals surface area contributed by atoms with Gasteiger partial charge in [-0.05, 0) is 42.5 Å². The second-order valence-electron chi connectivity index (χ2n) is 7.86. The fourth-order valence-electron chi connectivity index (χ4n) is 3.81. The number of nitrogens with zero attached hydrogens (tertiary/aromatic N) is 2. The molecule has 0 bridgehead atoms. The Morgan fingerprint density at radius 2 is 1.88 bits per heavy atom. The van der Waals surface area contributed by atoms with E-state index in [0.29, 0.717) is 36.7 Å². The zero-order valence-electron chi connectivity index (χ0n) is 17.6. The molecule has 166 valence electrons. The van der Waals surface area contributed by atoms with Gasteiger partial charge in [0.2, 0.25) is 5.91 Å². The van der Waals surface area contributed by atoms with Crippen molar-refractivity contribution in [1.82, 2.24) is 9.88 Å². The zero-order valence-corrected chi connectivity index (χ0v) is 18.5. The third-order valence-corrected chi connectivity index (χ3v) is 6.50. The van der Waals surface area contributed by atoms with Crippen molar-refractivity contribution in [3.8, 4) is 5.75 Å². The predicted molar refractivity (Wildman–Crippen MR) is 123 cm³/mol. The molecular formula is C24H26N4O3S. The third kappa shape index (κ3) is 5.15. The number of carbonyl (C=O) groups is 2. The fourth-order valence-corrected chi connectivity index (χ4v) is 4.61. The minimum atomic E-state index is -0.552. The van der Waals surface area contributed by atoms with Crippen molar-refractivity contribution in [3.05, 3.63) is 81.8 Å². The van der Waals surface area contributed by atoms with Gasteiger partial charge in [-0.25, -0.2) is 4.98 Å². The summed E-state index contributed by atoms with van der Waals surface area (Å²) in [6, 6.07) is 17.0. The van der Waals surface area contributed by atoms with Crippen molar-refractivity contribution < 1.29 is 14.3 Å². The van der Waals surface area contributed by atoms with Crippen molar-refractivity contribution in [1.29, 1.82) is 0 Å². The number of hydrogen-bond donors (Lipinski definition) is 2. The summed E-state index contributed by atoms with van der Waals surface area (Å²) in [4.78, 5) is 30.3. The van der Waals surface area contributed by atoms with Crippen LogP contribution in [0.3, 0.4) is 0 Å². The Morgan fingerprint density at radius 3 is 2.59 bits per heavy atom. The topological polar surface area (TPSA) is 112 Å². The van der Waals surface area contributed by atoms with E-state index >= 15 is 0 Å². The predicted octanol–water partition coefficient (Wildman–Crippen LogP) is 3.05. The van der Waals surface area contributed by atoms with Crippen LogP contribution in [0.1, 0.15) is 45.5 Å². The lowest BCUT2D eigenvalue weighted by Crippen LogP contribution is -2.43. The molecule has 8 heteroatoms. The molecule has 1 aliphatic heterocycles. The van der Waals surface area contributed by atoms with Gasteiger partial charge in [0, 0.05) is 11.9 Å². The van der Waals surface area contributed by atoms with Gasteiger partial charge < -0.3 is 21.1 Å². The van der Waals surface area contributed by atoms with Crippen LogP contribution in [-0.2, 0) is 17.8 Å². The van der Waals surface area contributed by atoms with E-state index in [9.17, 15) is 9.59 Å². The maximum Gasteiger partial charge on any atom is 0.274 e. The molecule has 2 amide bonds. The van der Waals surface area contributed by atoms with Crippen LogP contribution in [0.4, 0.5) is 0 Å². The van der Waals surface area contributed by atoms with Gasteiger partial charge in [0.25, 0.3) is 5.91 Å². The lowest BCUT2D eigenvalue weighted by Gasteiger charge is -2.21. The normalized spacial score (nSPS) is 16.7. The Kier molecular flexibility index (Phi) is 6.82. The number of primary amides is 1. The molecule has 2 atom stereocenters. The molecule has 32 heavy (non-hydrogen) atoms. The number of rotatable bonds is 8. The number of benzene rings is 2. The third-order valence-electron chi connectivity index (χ3n) is 5.53. The largest absolute Gasteiger partial charge is 0.489 e. The van der Waals surface area contributed by atoms with Crippen molar-refractivity contribution in [3.63, 3.8) is 0 Å². The average Bonchev–Trinajstić information content (AvgIpc) is 3.49. The molecule has 3 aromatic rings. The number of aromatic nitrogens is 1. The first-order valence-corrected chi connectivity index (χ1v) is 11.5. The van der Waals surface area contributed by atoms with Gasteiger partial charge in [-0.2, -0.15) is 0 Å². The molecule has 4 N–H and O–H groups in total. The summed E-state index contributed by atoms with van der Waals surface area (Å²) in [7, 11) is 0. The number of hydrogen-bond acceptors (Lipinski definition) is 6. The second kappa shape index (κ2) is 9.93. The van der Waals surface area contributed by atoms with Gasteiger partial charge in [-0.3, -0.25) is 9.59 Å². The summed E-state index contributed by atoms with van der Waals surface area (Å²) in [6.45, 7) is 1.04. The molecule has 2 heterocycles. The maximum atomic E-state index is 12.8. The minimum Gasteiger partial charge on any atom is -0.489 e. The Balaban J connectivity index is 1.34. The van der Waals surface area contributed by atoms with E-state index in [0.717, 1.165) is 23.3 Å². The van der Waals surface area contributed by atoms with E-state index in [2.05, 4.69) is 4.98 Å². The molecule has 1 aromatic heterocycles. The Morgan fingerprint density at radius 1 is 1.12 bits per heavy atom. The molecule has 2 unspecified atom stereocenters. The number of carbonyl (C=O) groups excluding carboxylic acids is 2. The fraction of sp³-hybridized carbons (Fsp3) is 0.292. The van der Waals surface area contributed by atoms with Crippen LogP contribution < -0.4 is 16.2 Å². The van der Waals surface area contributed by atoms with Gasteiger partial charge in [0.05, 0.1) is 6.04 Å². The molecule has 7 nitrogen and oxygen atoms in total. The quantitative estimate of drug-likeness (QED) is 0.548. The van der Waals surface area contributed by atoms with E-state index in [1.54, 1.807) is 5.38 Å². The van der Waals surface area contributed by atoms with Gasteiger partial charge in [-0.1, -0.05) is 42.5 Å². The molecular weight excluding hydrogens is 424 g/mol. The Hall–Kier alpha value is -3.23. The number of nitrogens with two attached hydrogens (primary N) is 2. The van der Waals surface area contributed by atoms with Crippen LogP contribution in [0, 0.1) is 0 Å². The van der Waals surface area contributed by atoms with Crippen molar-refractivity contribution in [2.75, 3.05) is 6.54 Å². The molecule has 1 saturated heterocycles. The second-order valence-corrected chi connectivity index (χ2v) is 8.75. The van der Waals surface area contributed by atoms with Crippen LogP contribution in [0.5, 0.6) is 5.75 Å². The lowest BCUT2D eigenvalue weighted by atomic mass is 10.1. The maximum absolute atomic E-state index is 12.8. The first-order valence-electron chi connectivity index (χ1n) is 10.6. The summed E-state index contributed by atoms with van der Waals surface area (Å²) in [5.74, 6) is 0.0584.